The van der Waals surface area contributed by atoms with Gasteiger partial charge in [-0.25, -0.2) is 9.59 Å². The first kappa shape index (κ1) is 15.4. The molecule has 6 heteroatoms. The second kappa shape index (κ2) is 6.63. The highest BCUT2D eigenvalue weighted by molar-refractivity contribution is 6.32. The van der Waals surface area contributed by atoms with Gasteiger partial charge in [-0.05, 0) is 25.0 Å². The third-order valence-electron chi connectivity index (χ3n) is 2.91. The number of carbonyl (C=O) groups is 1. The monoisotopic (exact) mass is 310 g/mol. The van der Waals surface area contributed by atoms with E-state index in [9.17, 15) is 9.59 Å². The summed E-state index contributed by atoms with van der Waals surface area (Å²) in [6.45, 7) is 3.67. The number of rotatable bonds is 5. The van der Waals surface area contributed by atoms with E-state index in [0.717, 1.165) is 10.9 Å². The molecule has 0 unspecified atom stereocenters. The summed E-state index contributed by atoms with van der Waals surface area (Å²) in [4.78, 5) is 22.8. The number of aryl methyl sites for hydroxylation is 1. The minimum atomic E-state index is -0.488. The van der Waals surface area contributed by atoms with Crippen molar-refractivity contribution in [2.45, 2.75) is 20.3 Å². The van der Waals surface area contributed by atoms with Crippen LogP contribution in [-0.4, -0.2) is 19.2 Å². The van der Waals surface area contributed by atoms with Crippen LogP contribution >= 0.6 is 11.6 Å². The Morgan fingerprint density at radius 1 is 1.29 bits per heavy atom. The molecule has 112 valence electrons. The molecule has 0 aliphatic heterocycles. The second-order valence-corrected chi connectivity index (χ2v) is 4.72. The Hall–Kier alpha value is -2.01. The molecule has 1 aromatic carbocycles. The predicted octanol–water partition coefficient (Wildman–Crippen LogP) is 2.95. The van der Waals surface area contributed by atoms with E-state index in [-0.39, 0.29) is 19.0 Å². The van der Waals surface area contributed by atoms with Crippen molar-refractivity contribution >= 4 is 28.5 Å². The minimum Gasteiger partial charge on any atom is -0.480 e. The second-order valence-electron chi connectivity index (χ2n) is 4.32. The summed E-state index contributed by atoms with van der Waals surface area (Å²) in [5.74, 6) is -0.217. The number of hydrogen-bond acceptors (Lipinski definition) is 5. The zero-order valence-electron chi connectivity index (χ0n) is 11.8. The van der Waals surface area contributed by atoms with E-state index in [1.807, 2.05) is 6.92 Å². The largest absolute Gasteiger partial charge is 0.480 e. The van der Waals surface area contributed by atoms with Crippen LogP contribution in [0, 0.1) is 0 Å². The lowest BCUT2D eigenvalue weighted by atomic mass is 10.1. The van der Waals surface area contributed by atoms with Gasteiger partial charge in [0.2, 0.25) is 0 Å². The lowest BCUT2D eigenvalue weighted by molar-refractivity contribution is -0.145. The van der Waals surface area contributed by atoms with E-state index in [4.69, 9.17) is 25.5 Å². The van der Waals surface area contributed by atoms with Gasteiger partial charge < -0.3 is 13.9 Å². The van der Waals surface area contributed by atoms with Crippen molar-refractivity contribution in [3.05, 3.63) is 39.2 Å². The Balaban J connectivity index is 2.36. The standard InChI is InChI=1S/C15H15ClO5/c1-3-9-5-14(17)21-12-7-13(11(16)6-10(9)12)20-8-15(18)19-4-2/h5-7H,3-4,8H2,1-2H3. The van der Waals surface area contributed by atoms with E-state index in [2.05, 4.69) is 0 Å². The number of esters is 1. The maximum absolute atomic E-state index is 11.5. The molecular formula is C15H15ClO5. The normalized spacial score (nSPS) is 10.6. The van der Waals surface area contributed by atoms with Gasteiger partial charge in [0, 0.05) is 17.5 Å². The summed E-state index contributed by atoms with van der Waals surface area (Å²) in [5, 5.41) is 1.10. The van der Waals surface area contributed by atoms with Gasteiger partial charge in [-0.15, -0.1) is 0 Å². The molecule has 2 rings (SSSR count). The zero-order valence-corrected chi connectivity index (χ0v) is 12.5. The number of benzene rings is 1. The molecule has 0 saturated heterocycles. The summed E-state index contributed by atoms with van der Waals surface area (Å²) in [6.07, 6.45) is 0.682. The van der Waals surface area contributed by atoms with Gasteiger partial charge in [0.1, 0.15) is 11.3 Å². The van der Waals surface area contributed by atoms with Crippen LogP contribution in [0.25, 0.3) is 11.0 Å². The SMILES string of the molecule is CCOC(=O)COc1cc2oc(=O)cc(CC)c2cc1Cl. The quantitative estimate of drug-likeness (QED) is 0.627. The molecule has 0 N–H and O–H groups in total. The lowest BCUT2D eigenvalue weighted by Gasteiger charge is -2.09. The lowest BCUT2D eigenvalue weighted by Crippen LogP contribution is -2.14. The van der Waals surface area contributed by atoms with Gasteiger partial charge >= 0.3 is 11.6 Å². The van der Waals surface area contributed by atoms with E-state index >= 15 is 0 Å². The van der Waals surface area contributed by atoms with Crippen molar-refractivity contribution in [2.75, 3.05) is 13.2 Å². The van der Waals surface area contributed by atoms with Crippen LogP contribution in [0.15, 0.2) is 27.4 Å². The Labute approximate surface area is 126 Å². The van der Waals surface area contributed by atoms with Gasteiger partial charge in [-0.1, -0.05) is 18.5 Å². The molecule has 0 bridgehead atoms. The Morgan fingerprint density at radius 3 is 2.71 bits per heavy atom. The Morgan fingerprint density at radius 2 is 2.05 bits per heavy atom. The van der Waals surface area contributed by atoms with E-state index in [0.29, 0.717) is 17.0 Å². The molecule has 1 heterocycles. The van der Waals surface area contributed by atoms with Crippen molar-refractivity contribution in [1.82, 2.24) is 0 Å². The maximum Gasteiger partial charge on any atom is 0.344 e. The van der Waals surface area contributed by atoms with E-state index in [1.165, 1.54) is 12.1 Å². The van der Waals surface area contributed by atoms with Crippen LogP contribution in [0.3, 0.4) is 0 Å². The average molecular weight is 311 g/mol. The fourth-order valence-corrected chi connectivity index (χ4v) is 2.19. The highest BCUT2D eigenvalue weighted by atomic mass is 35.5. The number of halogens is 1. The molecule has 21 heavy (non-hydrogen) atoms. The average Bonchev–Trinajstić information content (AvgIpc) is 2.45. The summed E-state index contributed by atoms with van der Waals surface area (Å²) in [6, 6.07) is 4.62. The fourth-order valence-electron chi connectivity index (χ4n) is 1.97. The molecule has 5 nitrogen and oxygen atoms in total. The molecule has 1 aromatic heterocycles. The van der Waals surface area contributed by atoms with Gasteiger partial charge in [0.05, 0.1) is 11.6 Å². The minimum absolute atomic E-state index is 0.253. The third kappa shape index (κ3) is 3.55. The predicted molar refractivity (Wildman–Crippen MR) is 79.0 cm³/mol. The number of carbonyl (C=O) groups excluding carboxylic acids is 1. The topological polar surface area (TPSA) is 65.7 Å². The highest BCUT2D eigenvalue weighted by Gasteiger charge is 2.12. The summed E-state index contributed by atoms with van der Waals surface area (Å²) < 4.78 is 15.2. The highest BCUT2D eigenvalue weighted by Crippen LogP contribution is 2.31. The summed E-state index contributed by atoms with van der Waals surface area (Å²) in [5.41, 5.74) is 0.792. The van der Waals surface area contributed by atoms with Crippen LogP contribution in [0.5, 0.6) is 5.75 Å². The molecular weight excluding hydrogens is 296 g/mol. The molecule has 0 atom stereocenters. The molecule has 2 aromatic rings. The molecule has 0 fully saturated rings. The first-order valence-corrected chi connectivity index (χ1v) is 6.97. The van der Waals surface area contributed by atoms with Gasteiger partial charge in [0.15, 0.2) is 6.61 Å². The molecule has 0 aliphatic carbocycles. The summed E-state index contributed by atoms with van der Waals surface area (Å²) in [7, 11) is 0. The molecule has 0 aliphatic rings. The maximum atomic E-state index is 11.5. The van der Waals surface area contributed by atoms with E-state index < -0.39 is 11.6 Å². The Kier molecular flexibility index (Phi) is 4.85. The van der Waals surface area contributed by atoms with Crippen molar-refractivity contribution < 1.29 is 18.7 Å². The number of fused-ring (bicyclic) bond motifs is 1. The third-order valence-corrected chi connectivity index (χ3v) is 3.21. The van der Waals surface area contributed by atoms with Crippen molar-refractivity contribution in [1.29, 1.82) is 0 Å². The molecule has 0 saturated carbocycles. The molecule has 0 radical (unpaired) electrons. The van der Waals surface area contributed by atoms with Crippen LogP contribution in [0.2, 0.25) is 5.02 Å². The van der Waals surface area contributed by atoms with Crippen LogP contribution in [0.1, 0.15) is 19.4 Å². The first-order chi connectivity index (χ1) is 10.0. The van der Waals surface area contributed by atoms with Crippen LogP contribution in [-0.2, 0) is 16.0 Å². The fraction of sp³-hybridized carbons (Fsp3) is 0.333. The first-order valence-electron chi connectivity index (χ1n) is 6.59. The molecule has 0 amide bonds. The smallest absolute Gasteiger partial charge is 0.344 e. The summed E-state index contributed by atoms with van der Waals surface area (Å²) >= 11 is 6.14. The van der Waals surface area contributed by atoms with Crippen molar-refractivity contribution in [3.8, 4) is 5.75 Å². The van der Waals surface area contributed by atoms with Crippen molar-refractivity contribution in [3.63, 3.8) is 0 Å². The number of hydrogen-bond donors (Lipinski definition) is 0. The van der Waals surface area contributed by atoms with E-state index in [1.54, 1.807) is 13.0 Å². The van der Waals surface area contributed by atoms with Gasteiger partial charge in [-0.2, -0.15) is 0 Å². The van der Waals surface area contributed by atoms with Crippen LogP contribution in [0.4, 0.5) is 0 Å². The molecule has 0 spiro atoms. The van der Waals surface area contributed by atoms with Crippen LogP contribution < -0.4 is 10.4 Å². The Bertz CT molecular complexity index is 720. The zero-order chi connectivity index (χ0) is 15.4. The van der Waals surface area contributed by atoms with Gasteiger partial charge in [-0.3, -0.25) is 0 Å². The number of ether oxygens (including phenoxy) is 2. The van der Waals surface area contributed by atoms with Gasteiger partial charge in [0.25, 0.3) is 0 Å². The van der Waals surface area contributed by atoms with Crippen molar-refractivity contribution in [2.24, 2.45) is 0 Å².